The van der Waals surface area contributed by atoms with E-state index in [0.29, 0.717) is 0 Å². The number of carboxylic acid groups (broad SMARTS) is 1. The number of nitrogens with one attached hydrogen (secondary N) is 2. The predicted octanol–water partition coefficient (Wildman–Crippen LogP) is -12.4. The molecule has 2 amide bonds. The van der Waals surface area contributed by atoms with E-state index in [2.05, 4.69) is 10.6 Å². The van der Waals surface area contributed by atoms with Crippen molar-refractivity contribution >= 4 is 17.8 Å². The molecule has 0 aromatic heterocycles. The maximum absolute atomic E-state index is 13.0. The van der Waals surface area contributed by atoms with Crippen LogP contribution in [0.15, 0.2) is 0 Å². The highest BCUT2D eigenvalue weighted by Gasteiger charge is 2.59. The zero-order valence-electron chi connectivity index (χ0n) is 36.2. The number of carbonyl (C=O) groups excluding carboxylic acids is 2. The summed E-state index contributed by atoms with van der Waals surface area (Å²) in [4.78, 5) is 37.8. The summed E-state index contributed by atoms with van der Waals surface area (Å²) in [5.41, 5.74) is 0. The summed E-state index contributed by atoms with van der Waals surface area (Å²) in [6.45, 7) is -3.31. The molecule has 0 bridgehead atoms. The summed E-state index contributed by atoms with van der Waals surface area (Å²) < 4.78 is 50.9. The first-order chi connectivity index (χ1) is 31.9. The molecule has 5 fully saturated rings. The summed E-state index contributed by atoms with van der Waals surface area (Å²) in [5, 5.41) is 184. The lowest BCUT2D eigenvalue weighted by molar-refractivity contribution is -0.384. The summed E-state index contributed by atoms with van der Waals surface area (Å²) in [7, 11) is 0. The van der Waals surface area contributed by atoms with E-state index in [1.807, 2.05) is 0 Å². The minimum absolute atomic E-state index is 0.814. The van der Waals surface area contributed by atoms with E-state index in [1.54, 1.807) is 0 Å². The Kier molecular flexibility index (Phi) is 19.7. The molecule has 5 saturated heterocycles. The smallest absolute Gasteiger partial charge is 0.364 e. The van der Waals surface area contributed by atoms with Crippen LogP contribution in [0.4, 0.5) is 0 Å². The Bertz CT molecular complexity index is 1650. The van der Waals surface area contributed by atoms with Gasteiger partial charge in [0.1, 0.15) is 116 Å². The zero-order valence-corrected chi connectivity index (χ0v) is 36.2. The first-order valence-corrected chi connectivity index (χ1v) is 21.2. The van der Waals surface area contributed by atoms with Crippen LogP contribution in [0.25, 0.3) is 0 Å². The molecule has 26 unspecified atom stereocenters. The van der Waals surface area contributed by atoms with Gasteiger partial charge in [-0.05, 0) is 0 Å². The normalized spacial score (nSPS) is 46.6. The Hall–Kier alpha value is -2.59. The Morgan fingerprint density at radius 2 is 1.10 bits per heavy atom. The number of hydrogen-bond acceptors (Lipinski definition) is 28. The molecule has 5 rings (SSSR count). The molecule has 26 atom stereocenters. The fraction of sp³-hybridized carbons (Fsp3) is 0.919. The fourth-order valence-corrected chi connectivity index (χ4v) is 8.43. The van der Waals surface area contributed by atoms with Crippen LogP contribution in [-0.2, 0) is 57.0 Å². The number of aliphatic hydroxyl groups is 16. The average Bonchev–Trinajstić information content (AvgIpc) is 3.29. The number of rotatable bonds is 18. The van der Waals surface area contributed by atoms with E-state index < -0.39 is 216 Å². The summed E-state index contributed by atoms with van der Waals surface area (Å²) in [6, 6.07) is -3.55. The van der Waals surface area contributed by atoms with Gasteiger partial charge in [-0.3, -0.25) is 9.59 Å². The highest BCUT2D eigenvalue weighted by atomic mass is 16.8. The third-order valence-electron chi connectivity index (χ3n) is 12.1. The van der Waals surface area contributed by atoms with Crippen molar-refractivity contribution in [3.05, 3.63) is 0 Å². The van der Waals surface area contributed by atoms with Gasteiger partial charge in [0, 0.05) is 20.3 Å². The molecule has 0 saturated carbocycles. The van der Waals surface area contributed by atoms with Crippen LogP contribution in [-0.4, -0.2) is 297 Å². The van der Waals surface area contributed by atoms with Gasteiger partial charge in [-0.2, -0.15) is 0 Å². The molecule has 0 aromatic rings. The van der Waals surface area contributed by atoms with Crippen LogP contribution in [0.2, 0.25) is 0 Å². The largest absolute Gasteiger partial charge is 0.477 e. The van der Waals surface area contributed by atoms with E-state index in [0.717, 1.165) is 13.8 Å². The Labute approximate surface area is 384 Å². The molecule has 5 heterocycles. The van der Waals surface area contributed by atoms with Crippen molar-refractivity contribution in [1.82, 2.24) is 10.6 Å². The molecule has 0 aromatic carbocycles. The molecule has 31 nitrogen and oxygen atoms in total. The first-order valence-electron chi connectivity index (χ1n) is 21.2. The average molecular weight is 999 g/mol. The molecule has 394 valence electrons. The van der Waals surface area contributed by atoms with Crippen molar-refractivity contribution in [2.45, 2.75) is 179 Å². The molecule has 5 aliphatic heterocycles. The Morgan fingerprint density at radius 3 is 1.65 bits per heavy atom. The molecule has 0 spiro atoms. The zero-order chi connectivity index (χ0) is 50.7. The predicted molar refractivity (Wildman–Crippen MR) is 207 cm³/mol. The second kappa shape index (κ2) is 23.8. The minimum Gasteiger partial charge on any atom is -0.477 e. The van der Waals surface area contributed by atoms with E-state index in [4.69, 9.17) is 42.6 Å². The van der Waals surface area contributed by atoms with Crippen LogP contribution in [0, 0.1) is 0 Å². The molecule has 68 heavy (non-hydrogen) atoms. The van der Waals surface area contributed by atoms with Crippen molar-refractivity contribution in [2.75, 3.05) is 33.0 Å². The van der Waals surface area contributed by atoms with Crippen molar-refractivity contribution in [1.29, 1.82) is 0 Å². The number of aliphatic hydroxyl groups excluding tert-OH is 16. The third kappa shape index (κ3) is 12.0. The van der Waals surface area contributed by atoms with Gasteiger partial charge in [0.25, 0.3) is 5.79 Å². The lowest BCUT2D eigenvalue weighted by Crippen LogP contribution is -2.70. The van der Waals surface area contributed by atoms with Gasteiger partial charge in [0.2, 0.25) is 11.8 Å². The molecule has 31 heteroatoms. The number of amides is 2. The van der Waals surface area contributed by atoms with Gasteiger partial charge in [0.15, 0.2) is 25.2 Å². The SMILES string of the molecule is CC(=O)NC1C(OC2C(O)C(CO)OC(OC3C(CO)OC(O)C(O)C3O)C2O)OC(COC2(C(=O)O)CC(O)C(NC(C)=O)C(C(O)C(O)CO)O2)C(OC2OC(CO)C(O)C(O)C2O)C1O. The second-order valence-corrected chi connectivity index (χ2v) is 16.9. The summed E-state index contributed by atoms with van der Waals surface area (Å²) >= 11 is 0. The van der Waals surface area contributed by atoms with Crippen LogP contribution < -0.4 is 10.6 Å². The first kappa shape index (κ1) is 56.3. The number of carbonyl (C=O) groups is 3. The van der Waals surface area contributed by atoms with Crippen molar-refractivity contribution in [2.24, 2.45) is 0 Å². The van der Waals surface area contributed by atoms with E-state index in [9.17, 15) is 101 Å². The van der Waals surface area contributed by atoms with Gasteiger partial charge in [-0.25, -0.2) is 4.79 Å². The third-order valence-corrected chi connectivity index (χ3v) is 12.1. The van der Waals surface area contributed by atoms with Crippen LogP contribution in [0.1, 0.15) is 20.3 Å². The fourth-order valence-electron chi connectivity index (χ4n) is 8.43. The minimum atomic E-state index is -3.09. The van der Waals surface area contributed by atoms with Crippen molar-refractivity contribution in [3.63, 3.8) is 0 Å². The lowest BCUT2D eigenvalue weighted by Gasteiger charge is -2.50. The molecular formula is C37H62N2O29. The van der Waals surface area contributed by atoms with Gasteiger partial charge in [-0.15, -0.1) is 0 Å². The van der Waals surface area contributed by atoms with Crippen LogP contribution in [0.3, 0.4) is 0 Å². The van der Waals surface area contributed by atoms with Crippen molar-refractivity contribution < 1.29 is 144 Å². The number of carboxylic acids is 1. The Morgan fingerprint density at radius 1 is 0.588 bits per heavy atom. The maximum atomic E-state index is 13.0. The number of hydrogen-bond donors (Lipinski definition) is 19. The molecule has 19 N–H and O–H groups in total. The maximum Gasteiger partial charge on any atom is 0.364 e. The molecular weight excluding hydrogens is 936 g/mol. The highest BCUT2D eigenvalue weighted by molar-refractivity contribution is 5.76. The monoisotopic (exact) mass is 998 g/mol. The lowest BCUT2D eigenvalue weighted by atomic mass is 9.88. The number of ether oxygens (including phenoxy) is 9. The molecule has 0 radical (unpaired) electrons. The van der Waals surface area contributed by atoms with Gasteiger partial charge < -0.3 is 140 Å². The van der Waals surface area contributed by atoms with Gasteiger partial charge in [-0.1, -0.05) is 0 Å². The van der Waals surface area contributed by atoms with Crippen LogP contribution in [0.5, 0.6) is 0 Å². The topological polar surface area (TPSA) is 502 Å². The van der Waals surface area contributed by atoms with Crippen LogP contribution >= 0.6 is 0 Å². The van der Waals surface area contributed by atoms with E-state index >= 15 is 0 Å². The van der Waals surface area contributed by atoms with Gasteiger partial charge >= 0.3 is 5.97 Å². The number of aliphatic carboxylic acids is 1. The standard InChI is InChI=1S/C37H62N2O29/c1-9(44)38-17-11(46)3-37(36(58)59,68-30(17)19(48)12(47)4-40)60-8-16-29(66-34-26(55)23(52)20(49)13(5-41)62-34)22(51)18(39-10(2)45)33(64-16)67-31-21(50)14(6-42)63-35(27(31)56)65-28-15(7-43)61-32(57)25(54)24(28)53/h11-35,40-43,46-57H,3-8H2,1-2H3,(H,38,44)(H,39,45)(H,58,59). The van der Waals surface area contributed by atoms with Crippen molar-refractivity contribution in [3.8, 4) is 0 Å². The highest BCUT2D eigenvalue weighted by Crippen LogP contribution is 2.38. The quantitative estimate of drug-likeness (QED) is 0.0606. The summed E-state index contributed by atoms with van der Waals surface area (Å²) in [5.74, 6) is -6.84. The molecule has 5 aliphatic rings. The van der Waals surface area contributed by atoms with Gasteiger partial charge in [0.05, 0.1) is 45.2 Å². The van der Waals surface area contributed by atoms with E-state index in [-0.39, 0.29) is 0 Å². The summed E-state index contributed by atoms with van der Waals surface area (Å²) in [6.07, 6.45) is -47.2. The Balaban J connectivity index is 1.52. The van der Waals surface area contributed by atoms with E-state index in [1.165, 1.54) is 0 Å². The second-order valence-electron chi connectivity index (χ2n) is 16.9. The molecule has 0 aliphatic carbocycles.